The van der Waals surface area contributed by atoms with Crippen molar-refractivity contribution in [3.8, 4) is 5.88 Å². The van der Waals surface area contributed by atoms with Crippen molar-refractivity contribution in [3.05, 3.63) is 46.3 Å². The maximum Gasteiger partial charge on any atom is 0.261 e. The highest BCUT2D eigenvalue weighted by atomic mass is 32.1. The van der Waals surface area contributed by atoms with Crippen LogP contribution in [0.1, 0.15) is 35.5 Å². The predicted octanol–water partition coefficient (Wildman–Crippen LogP) is 2.37. The summed E-state index contributed by atoms with van der Waals surface area (Å²) >= 11 is 1.37. The van der Waals surface area contributed by atoms with Gasteiger partial charge in [-0.15, -0.1) is 11.3 Å². The van der Waals surface area contributed by atoms with Crippen molar-refractivity contribution in [1.82, 2.24) is 15.6 Å². The lowest BCUT2D eigenvalue weighted by Gasteiger charge is -2.13. The predicted molar refractivity (Wildman–Crippen MR) is 93.1 cm³/mol. The number of ether oxygens (including phenoxy) is 1. The average molecular weight is 347 g/mol. The van der Waals surface area contributed by atoms with Crippen LogP contribution in [0.4, 0.5) is 0 Å². The van der Waals surface area contributed by atoms with Crippen LogP contribution in [0.5, 0.6) is 5.88 Å². The molecule has 0 aliphatic heterocycles. The highest BCUT2D eigenvalue weighted by molar-refractivity contribution is 7.12. The van der Waals surface area contributed by atoms with E-state index < -0.39 is 0 Å². The van der Waals surface area contributed by atoms with E-state index in [1.54, 1.807) is 18.3 Å². The molecule has 0 saturated carbocycles. The summed E-state index contributed by atoms with van der Waals surface area (Å²) in [5.41, 5.74) is 0.821. The zero-order chi connectivity index (χ0) is 17.4. The van der Waals surface area contributed by atoms with Gasteiger partial charge in [0.25, 0.3) is 5.91 Å². The smallest absolute Gasteiger partial charge is 0.261 e. The van der Waals surface area contributed by atoms with E-state index >= 15 is 0 Å². The van der Waals surface area contributed by atoms with Gasteiger partial charge in [0, 0.05) is 31.3 Å². The minimum Gasteiger partial charge on any atom is -0.475 e. The second-order valence-corrected chi connectivity index (χ2v) is 6.34. The summed E-state index contributed by atoms with van der Waals surface area (Å²) in [6.07, 6.45) is 1.89. The lowest BCUT2D eigenvalue weighted by molar-refractivity contribution is -0.121. The normalized spacial score (nSPS) is 10.5. The molecule has 2 aromatic heterocycles. The zero-order valence-corrected chi connectivity index (χ0v) is 14.6. The number of hydrogen-bond acceptors (Lipinski definition) is 5. The van der Waals surface area contributed by atoms with E-state index in [9.17, 15) is 9.59 Å². The lowest BCUT2D eigenvalue weighted by Crippen LogP contribution is -2.30. The maximum absolute atomic E-state index is 11.9. The van der Waals surface area contributed by atoms with Gasteiger partial charge in [0.05, 0.1) is 11.0 Å². The van der Waals surface area contributed by atoms with Crippen molar-refractivity contribution < 1.29 is 14.3 Å². The molecule has 6 nitrogen and oxygen atoms in total. The number of carbonyl (C=O) groups is 2. The second-order valence-electron chi connectivity index (χ2n) is 5.39. The fourth-order valence-corrected chi connectivity index (χ4v) is 2.59. The van der Waals surface area contributed by atoms with Crippen molar-refractivity contribution in [2.45, 2.75) is 32.9 Å². The molecule has 0 aliphatic carbocycles. The van der Waals surface area contributed by atoms with Crippen LogP contribution in [0.2, 0.25) is 0 Å². The van der Waals surface area contributed by atoms with Gasteiger partial charge < -0.3 is 15.4 Å². The second kappa shape index (κ2) is 9.02. The van der Waals surface area contributed by atoms with Gasteiger partial charge in [-0.2, -0.15) is 0 Å². The zero-order valence-electron chi connectivity index (χ0n) is 13.7. The van der Waals surface area contributed by atoms with E-state index in [4.69, 9.17) is 4.74 Å². The molecule has 0 bridgehead atoms. The van der Waals surface area contributed by atoms with E-state index in [-0.39, 0.29) is 24.3 Å². The van der Waals surface area contributed by atoms with Crippen molar-refractivity contribution in [2.75, 3.05) is 6.54 Å². The van der Waals surface area contributed by atoms with Crippen molar-refractivity contribution >= 4 is 23.2 Å². The third kappa shape index (κ3) is 5.66. The monoisotopic (exact) mass is 347 g/mol. The van der Waals surface area contributed by atoms with Crippen molar-refractivity contribution in [3.63, 3.8) is 0 Å². The number of aromatic nitrogens is 1. The standard InChI is InChI=1S/C17H21N3O3S/c1-12(2)23-17-13(5-3-8-19-17)11-20-15(21)7-9-18-16(22)14-6-4-10-24-14/h3-6,8,10,12H,7,9,11H2,1-2H3,(H,18,22)(H,20,21). The first-order valence-electron chi connectivity index (χ1n) is 7.75. The summed E-state index contributed by atoms with van der Waals surface area (Å²) in [6.45, 7) is 4.49. The Labute approximate surface area is 145 Å². The molecular weight excluding hydrogens is 326 g/mol. The van der Waals surface area contributed by atoms with Crippen LogP contribution in [-0.2, 0) is 11.3 Å². The summed E-state index contributed by atoms with van der Waals surface area (Å²) in [5, 5.41) is 7.38. The molecule has 0 radical (unpaired) electrons. The molecule has 24 heavy (non-hydrogen) atoms. The van der Waals surface area contributed by atoms with E-state index in [0.717, 1.165) is 5.56 Å². The summed E-state index contributed by atoms with van der Waals surface area (Å²) in [4.78, 5) is 28.5. The Morgan fingerprint density at radius 3 is 2.79 bits per heavy atom. The topological polar surface area (TPSA) is 80.3 Å². The Balaban J connectivity index is 1.74. The fourth-order valence-electron chi connectivity index (χ4n) is 1.95. The number of thiophene rings is 1. The molecule has 0 aromatic carbocycles. The van der Waals surface area contributed by atoms with Crippen molar-refractivity contribution in [1.29, 1.82) is 0 Å². The third-order valence-corrected chi connectivity index (χ3v) is 3.92. The number of nitrogens with one attached hydrogen (secondary N) is 2. The van der Waals surface area contributed by atoms with Gasteiger partial charge in [-0.1, -0.05) is 12.1 Å². The Morgan fingerprint density at radius 2 is 2.08 bits per heavy atom. The van der Waals surface area contributed by atoms with Crippen LogP contribution in [-0.4, -0.2) is 29.4 Å². The summed E-state index contributed by atoms with van der Waals surface area (Å²) in [5.74, 6) is 0.234. The molecule has 0 fully saturated rings. The minimum absolute atomic E-state index is 0.0156. The molecule has 2 amide bonds. The Hall–Kier alpha value is -2.41. The quantitative estimate of drug-likeness (QED) is 0.768. The number of amides is 2. The lowest BCUT2D eigenvalue weighted by atomic mass is 10.2. The first-order chi connectivity index (χ1) is 11.6. The molecule has 2 heterocycles. The molecule has 0 aliphatic rings. The van der Waals surface area contributed by atoms with Crippen molar-refractivity contribution in [2.24, 2.45) is 0 Å². The molecule has 7 heteroatoms. The number of nitrogens with zero attached hydrogens (tertiary/aromatic N) is 1. The summed E-state index contributed by atoms with van der Waals surface area (Å²) in [6, 6.07) is 7.23. The molecular formula is C17H21N3O3S. The number of pyridine rings is 1. The molecule has 0 saturated heterocycles. The number of hydrogen-bond donors (Lipinski definition) is 2. The highest BCUT2D eigenvalue weighted by Crippen LogP contribution is 2.15. The molecule has 0 unspecified atom stereocenters. The van der Waals surface area contributed by atoms with Gasteiger partial charge in [-0.3, -0.25) is 9.59 Å². The van der Waals surface area contributed by atoms with Crippen LogP contribution < -0.4 is 15.4 Å². The van der Waals surface area contributed by atoms with E-state index in [2.05, 4.69) is 15.6 Å². The van der Waals surface area contributed by atoms with E-state index in [0.29, 0.717) is 23.8 Å². The fraction of sp³-hybridized carbons (Fsp3) is 0.353. The SMILES string of the molecule is CC(C)Oc1ncccc1CNC(=O)CCNC(=O)c1cccs1. The molecule has 0 spiro atoms. The Bertz CT molecular complexity index is 671. The van der Waals surface area contributed by atoms with E-state index in [1.807, 2.05) is 31.4 Å². The van der Waals surface area contributed by atoms with Crippen LogP contribution in [0.15, 0.2) is 35.8 Å². The van der Waals surface area contributed by atoms with Crippen LogP contribution in [0.3, 0.4) is 0 Å². The largest absolute Gasteiger partial charge is 0.475 e. The number of rotatable bonds is 8. The first kappa shape index (κ1) is 17.9. The van der Waals surface area contributed by atoms with Crippen LogP contribution >= 0.6 is 11.3 Å². The summed E-state index contributed by atoms with van der Waals surface area (Å²) in [7, 11) is 0. The van der Waals surface area contributed by atoms with Gasteiger partial charge in [-0.25, -0.2) is 4.98 Å². The third-order valence-electron chi connectivity index (χ3n) is 3.06. The van der Waals surface area contributed by atoms with Crippen LogP contribution in [0.25, 0.3) is 0 Å². The highest BCUT2D eigenvalue weighted by Gasteiger charge is 2.10. The average Bonchev–Trinajstić information content (AvgIpc) is 3.08. The van der Waals surface area contributed by atoms with E-state index in [1.165, 1.54) is 11.3 Å². The van der Waals surface area contributed by atoms with Gasteiger partial charge in [0.2, 0.25) is 11.8 Å². The molecule has 2 aromatic rings. The molecule has 2 rings (SSSR count). The van der Waals surface area contributed by atoms with Gasteiger partial charge >= 0.3 is 0 Å². The Morgan fingerprint density at radius 1 is 1.25 bits per heavy atom. The van der Waals surface area contributed by atoms with Crippen LogP contribution in [0, 0.1) is 0 Å². The number of carbonyl (C=O) groups excluding carboxylic acids is 2. The summed E-state index contributed by atoms with van der Waals surface area (Å²) < 4.78 is 5.61. The molecule has 0 atom stereocenters. The van der Waals surface area contributed by atoms with Gasteiger partial charge in [-0.05, 0) is 31.4 Å². The Kier molecular flexibility index (Phi) is 6.74. The minimum atomic E-state index is -0.155. The van der Waals surface area contributed by atoms with Gasteiger partial charge in [0.15, 0.2) is 0 Å². The van der Waals surface area contributed by atoms with Gasteiger partial charge in [0.1, 0.15) is 0 Å². The molecule has 128 valence electrons. The first-order valence-corrected chi connectivity index (χ1v) is 8.63. The molecule has 2 N–H and O–H groups in total. The maximum atomic E-state index is 11.9.